The first kappa shape index (κ1) is 13.5. The third-order valence-electron chi connectivity index (χ3n) is 3.16. The van der Waals surface area contributed by atoms with Crippen molar-refractivity contribution in [3.63, 3.8) is 0 Å². The Morgan fingerprint density at radius 2 is 2.22 bits per heavy atom. The number of sulfonamides is 1. The molecule has 0 unspecified atom stereocenters. The fraction of sp³-hybridized carbons (Fsp3) is 0.727. The highest BCUT2D eigenvalue weighted by Gasteiger charge is 2.20. The molecule has 0 aliphatic carbocycles. The van der Waals surface area contributed by atoms with E-state index in [2.05, 4.69) is 15.1 Å². The van der Waals surface area contributed by atoms with Crippen LogP contribution in [0.15, 0.2) is 12.3 Å². The Morgan fingerprint density at radius 3 is 2.83 bits per heavy atom. The minimum Gasteiger partial charge on any atom is -0.317 e. The van der Waals surface area contributed by atoms with Crippen LogP contribution in [0.5, 0.6) is 0 Å². The summed E-state index contributed by atoms with van der Waals surface area (Å²) < 4.78 is 28.1. The minimum absolute atomic E-state index is 0.224. The summed E-state index contributed by atoms with van der Waals surface area (Å²) in [5, 5.41) is 7.37. The molecule has 1 saturated heterocycles. The minimum atomic E-state index is -3.20. The Hall–Kier alpha value is -0.920. The summed E-state index contributed by atoms with van der Waals surface area (Å²) in [5.74, 6) is 0.495. The Labute approximate surface area is 108 Å². The van der Waals surface area contributed by atoms with Crippen molar-refractivity contribution in [3.8, 4) is 0 Å². The Bertz CT molecular complexity index is 477. The molecule has 1 aromatic rings. The van der Waals surface area contributed by atoms with E-state index in [9.17, 15) is 8.42 Å². The van der Waals surface area contributed by atoms with Gasteiger partial charge in [-0.3, -0.25) is 4.68 Å². The summed E-state index contributed by atoms with van der Waals surface area (Å²) in [6.45, 7) is 2.11. The third-order valence-corrected chi connectivity index (χ3v) is 4.65. The van der Waals surface area contributed by atoms with E-state index >= 15 is 0 Å². The van der Waals surface area contributed by atoms with Crippen molar-refractivity contribution in [2.45, 2.75) is 19.4 Å². The summed E-state index contributed by atoms with van der Waals surface area (Å²) in [4.78, 5) is 0. The smallest absolute Gasteiger partial charge is 0.212 e. The summed E-state index contributed by atoms with van der Waals surface area (Å²) in [6.07, 6.45) is 3.67. The molecule has 0 bridgehead atoms. The first-order chi connectivity index (χ1) is 8.55. The van der Waals surface area contributed by atoms with Gasteiger partial charge in [0.1, 0.15) is 0 Å². The van der Waals surface area contributed by atoms with Gasteiger partial charge in [-0.1, -0.05) is 0 Å². The molecule has 1 aromatic heterocycles. The first-order valence-electron chi connectivity index (χ1n) is 6.22. The van der Waals surface area contributed by atoms with Crippen LogP contribution >= 0.6 is 0 Å². The van der Waals surface area contributed by atoms with Crippen molar-refractivity contribution in [3.05, 3.63) is 18.0 Å². The topological polar surface area (TPSA) is 76.0 Å². The molecule has 0 radical (unpaired) electrons. The van der Waals surface area contributed by atoms with Crippen molar-refractivity contribution in [2.75, 3.05) is 18.8 Å². The predicted octanol–water partition coefficient (Wildman–Crippen LogP) is -0.161. The molecule has 102 valence electrons. The fourth-order valence-electron chi connectivity index (χ4n) is 2.16. The van der Waals surface area contributed by atoms with E-state index in [0.29, 0.717) is 0 Å². The van der Waals surface area contributed by atoms with Crippen LogP contribution in [0.25, 0.3) is 0 Å². The van der Waals surface area contributed by atoms with Gasteiger partial charge < -0.3 is 5.32 Å². The molecule has 0 aromatic carbocycles. The van der Waals surface area contributed by atoms with Crippen LogP contribution in [-0.2, 0) is 23.6 Å². The largest absolute Gasteiger partial charge is 0.317 e. The van der Waals surface area contributed by atoms with Gasteiger partial charge in [-0.25, -0.2) is 13.1 Å². The van der Waals surface area contributed by atoms with Crippen molar-refractivity contribution in [1.82, 2.24) is 19.8 Å². The molecular formula is C11H20N4O2S. The zero-order chi connectivity index (χ0) is 13.0. The normalized spacial score (nSPS) is 18.1. The summed E-state index contributed by atoms with van der Waals surface area (Å²) in [5.41, 5.74) is 0.742. The van der Waals surface area contributed by atoms with Crippen molar-refractivity contribution in [2.24, 2.45) is 13.0 Å². The van der Waals surface area contributed by atoms with Crippen LogP contribution in [0.3, 0.4) is 0 Å². The van der Waals surface area contributed by atoms with Gasteiger partial charge in [0.2, 0.25) is 10.0 Å². The van der Waals surface area contributed by atoms with Gasteiger partial charge in [0.15, 0.2) is 0 Å². The molecular weight excluding hydrogens is 252 g/mol. The number of aromatic nitrogens is 2. The van der Waals surface area contributed by atoms with Crippen LogP contribution in [0, 0.1) is 5.92 Å². The van der Waals surface area contributed by atoms with Gasteiger partial charge in [-0.15, -0.1) is 0 Å². The SMILES string of the molecule is Cn1ccc(CNS(=O)(=O)CC2CCNCC2)n1. The number of nitrogens with one attached hydrogen (secondary N) is 2. The number of hydrogen-bond donors (Lipinski definition) is 2. The van der Waals surface area contributed by atoms with Crippen LogP contribution in [0.2, 0.25) is 0 Å². The number of hydrogen-bond acceptors (Lipinski definition) is 4. The highest BCUT2D eigenvalue weighted by molar-refractivity contribution is 7.89. The maximum atomic E-state index is 11.9. The molecule has 1 aliphatic heterocycles. The van der Waals surface area contributed by atoms with Crippen molar-refractivity contribution < 1.29 is 8.42 Å². The Morgan fingerprint density at radius 1 is 1.50 bits per heavy atom. The summed E-state index contributed by atoms with van der Waals surface area (Å²) in [7, 11) is -1.38. The molecule has 2 heterocycles. The molecule has 2 N–H and O–H groups in total. The molecule has 0 spiro atoms. The molecule has 0 amide bonds. The van der Waals surface area contributed by atoms with Gasteiger partial charge in [-0.05, 0) is 37.9 Å². The van der Waals surface area contributed by atoms with E-state index in [4.69, 9.17) is 0 Å². The molecule has 2 rings (SSSR count). The highest BCUT2D eigenvalue weighted by Crippen LogP contribution is 2.13. The summed E-state index contributed by atoms with van der Waals surface area (Å²) in [6, 6.07) is 1.81. The van der Waals surface area contributed by atoms with Crippen molar-refractivity contribution >= 4 is 10.0 Å². The standard InChI is InChI=1S/C11H20N4O2S/c1-15-7-4-11(14-15)8-13-18(16,17)9-10-2-5-12-6-3-10/h4,7,10,12-13H,2-3,5-6,8-9H2,1H3. The van der Waals surface area contributed by atoms with Gasteiger partial charge in [-0.2, -0.15) is 5.10 Å². The summed E-state index contributed by atoms with van der Waals surface area (Å²) >= 11 is 0. The lowest BCUT2D eigenvalue weighted by Gasteiger charge is -2.22. The van der Waals surface area contributed by atoms with E-state index in [0.717, 1.165) is 31.6 Å². The number of nitrogens with zero attached hydrogens (tertiary/aromatic N) is 2. The fourth-order valence-corrected chi connectivity index (χ4v) is 3.60. The van der Waals surface area contributed by atoms with E-state index in [1.54, 1.807) is 10.9 Å². The number of aryl methyl sites for hydroxylation is 1. The number of piperidine rings is 1. The zero-order valence-corrected chi connectivity index (χ0v) is 11.4. The lowest BCUT2D eigenvalue weighted by Crippen LogP contribution is -2.35. The molecule has 1 fully saturated rings. The lowest BCUT2D eigenvalue weighted by molar-refractivity contribution is 0.400. The molecule has 0 atom stereocenters. The molecule has 18 heavy (non-hydrogen) atoms. The Balaban J connectivity index is 1.83. The second-order valence-corrected chi connectivity index (χ2v) is 6.63. The third kappa shape index (κ3) is 4.08. The first-order valence-corrected chi connectivity index (χ1v) is 7.87. The predicted molar refractivity (Wildman–Crippen MR) is 69.4 cm³/mol. The van der Waals surface area contributed by atoms with Gasteiger partial charge in [0, 0.05) is 13.2 Å². The van der Waals surface area contributed by atoms with Crippen LogP contribution in [-0.4, -0.2) is 37.0 Å². The highest BCUT2D eigenvalue weighted by atomic mass is 32.2. The maximum absolute atomic E-state index is 11.9. The van der Waals surface area contributed by atoms with Gasteiger partial charge in [0.05, 0.1) is 18.0 Å². The van der Waals surface area contributed by atoms with Gasteiger partial charge in [0.25, 0.3) is 0 Å². The van der Waals surface area contributed by atoms with Crippen LogP contribution < -0.4 is 10.0 Å². The monoisotopic (exact) mass is 272 g/mol. The lowest BCUT2D eigenvalue weighted by atomic mass is 10.0. The second kappa shape index (κ2) is 5.81. The van der Waals surface area contributed by atoms with E-state index in [1.165, 1.54) is 0 Å². The quantitative estimate of drug-likeness (QED) is 0.781. The van der Waals surface area contributed by atoms with E-state index < -0.39 is 10.0 Å². The molecule has 7 heteroatoms. The molecule has 1 aliphatic rings. The average Bonchev–Trinajstić information content (AvgIpc) is 2.74. The van der Waals surface area contributed by atoms with Gasteiger partial charge >= 0.3 is 0 Å². The second-order valence-electron chi connectivity index (χ2n) is 4.78. The van der Waals surface area contributed by atoms with Crippen LogP contribution in [0.1, 0.15) is 18.5 Å². The van der Waals surface area contributed by atoms with E-state index in [1.807, 2.05) is 13.1 Å². The maximum Gasteiger partial charge on any atom is 0.212 e. The number of rotatable bonds is 5. The van der Waals surface area contributed by atoms with Crippen molar-refractivity contribution in [1.29, 1.82) is 0 Å². The average molecular weight is 272 g/mol. The molecule has 0 saturated carbocycles. The van der Waals surface area contributed by atoms with Crippen LogP contribution in [0.4, 0.5) is 0 Å². The van der Waals surface area contributed by atoms with E-state index in [-0.39, 0.29) is 18.2 Å². The molecule has 6 nitrogen and oxygen atoms in total. The zero-order valence-electron chi connectivity index (χ0n) is 10.6. The Kier molecular flexibility index (Phi) is 4.36.